The maximum absolute atomic E-state index is 11.9. The summed E-state index contributed by atoms with van der Waals surface area (Å²) in [7, 11) is 0. The molecule has 5 aliphatic rings. The van der Waals surface area contributed by atoms with E-state index in [2.05, 4.69) is 36.4 Å². The normalized spacial score (nSPS) is 51.7. The fraction of sp³-hybridized carbons (Fsp3) is 0.789. The lowest BCUT2D eigenvalue weighted by Gasteiger charge is -2.66. The van der Waals surface area contributed by atoms with Crippen LogP contribution in [0.2, 0.25) is 0 Å². The molecular formula is C19H25BrO6. The van der Waals surface area contributed by atoms with E-state index in [0.717, 1.165) is 18.4 Å². The van der Waals surface area contributed by atoms with E-state index in [4.69, 9.17) is 18.9 Å². The maximum Gasteiger partial charge on any atom is 0.303 e. The number of fused-ring (bicyclic) bond motifs is 4. The fourth-order valence-corrected chi connectivity index (χ4v) is 6.61. The number of hydrogen-bond acceptors (Lipinski definition) is 6. The largest absolute Gasteiger partial charge is 0.458 e. The summed E-state index contributed by atoms with van der Waals surface area (Å²) in [6.45, 7) is 11.7. The minimum atomic E-state index is -0.694. The van der Waals surface area contributed by atoms with Crippen LogP contribution in [-0.4, -0.2) is 53.4 Å². The molecule has 3 aliphatic heterocycles. The van der Waals surface area contributed by atoms with Crippen LogP contribution in [0.1, 0.15) is 40.5 Å². The molecule has 0 aromatic heterocycles. The molecule has 26 heavy (non-hydrogen) atoms. The van der Waals surface area contributed by atoms with Gasteiger partial charge >= 0.3 is 11.9 Å². The van der Waals surface area contributed by atoms with E-state index in [-0.39, 0.29) is 21.9 Å². The van der Waals surface area contributed by atoms with Crippen LogP contribution in [-0.2, 0) is 28.5 Å². The minimum Gasteiger partial charge on any atom is -0.458 e. The summed E-state index contributed by atoms with van der Waals surface area (Å²) in [6.07, 6.45) is -0.205. The SMILES string of the molecule is C=C1[C@@H]2O[C@@H]3[C@H](Br)[C@]4(C)CC[C@]3(CO4)[C@@]1(C)[C@H](OC(C)=O)[C@H]2OC(C)=O. The number of ether oxygens (including phenoxy) is 4. The summed E-state index contributed by atoms with van der Waals surface area (Å²) in [5, 5.41) is 0. The molecule has 1 spiro atoms. The van der Waals surface area contributed by atoms with E-state index < -0.39 is 35.7 Å². The first-order valence-corrected chi connectivity index (χ1v) is 9.95. The maximum atomic E-state index is 11.9. The van der Waals surface area contributed by atoms with Gasteiger partial charge in [-0.15, -0.1) is 0 Å². The summed E-state index contributed by atoms with van der Waals surface area (Å²) >= 11 is 3.81. The highest BCUT2D eigenvalue weighted by Crippen LogP contribution is 2.70. The first-order chi connectivity index (χ1) is 12.1. The van der Waals surface area contributed by atoms with Crippen molar-refractivity contribution in [2.24, 2.45) is 10.8 Å². The topological polar surface area (TPSA) is 71.1 Å². The predicted octanol–water partition coefficient (Wildman–Crippen LogP) is 2.53. The molecule has 3 saturated heterocycles. The van der Waals surface area contributed by atoms with Crippen LogP contribution in [0.15, 0.2) is 12.2 Å². The first-order valence-electron chi connectivity index (χ1n) is 9.04. The molecule has 4 bridgehead atoms. The van der Waals surface area contributed by atoms with Crippen molar-refractivity contribution in [1.82, 2.24) is 0 Å². The number of carbonyl (C=O) groups excluding carboxylic acids is 2. The van der Waals surface area contributed by atoms with Gasteiger partial charge in [0, 0.05) is 24.7 Å². The second-order valence-electron chi connectivity index (χ2n) is 8.47. The van der Waals surface area contributed by atoms with Gasteiger partial charge in [-0.3, -0.25) is 9.59 Å². The van der Waals surface area contributed by atoms with Crippen molar-refractivity contribution in [3.8, 4) is 0 Å². The van der Waals surface area contributed by atoms with Crippen molar-refractivity contribution in [2.75, 3.05) is 6.61 Å². The standard InChI is InChI=1S/C19H25BrO6/c1-9-12-13(24-10(2)21)15(25-11(3)22)18(9,5)19-7-6-17(4,23-8-19)14(20)16(19)26-12/h12-16H,1,6-8H2,2-5H3/t12-,13-,14-,15+,16+,17-,18+,19+/m0/s1. The molecule has 0 radical (unpaired) electrons. The van der Waals surface area contributed by atoms with Crippen LogP contribution in [0.5, 0.6) is 0 Å². The smallest absolute Gasteiger partial charge is 0.303 e. The number of esters is 2. The van der Waals surface area contributed by atoms with Gasteiger partial charge in [-0.2, -0.15) is 0 Å². The zero-order valence-electron chi connectivity index (χ0n) is 15.5. The molecule has 5 fully saturated rings. The lowest BCUT2D eigenvalue weighted by molar-refractivity contribution is -0.281. The quantitative estimate of drug-likeness (QED) is 0.382. The van der Waals surface area contributed by atoms with Gasteiger partial charge in [-0.25, -0.2) is 0 Å². The van der Waals surface area contributed by atoms with Crippen molar-refractivity contribution in [3.05, 3.63) is 12.2 Å². The minimum absolute atomic E-state index is 0.00137. The zero-order valence-corrected chi connectivity index (χ0v) is 17.1. The molecule has 2 saturated carbocycles. The number of rotatable bonds is 2. The van der Waals surface area contributed by atoms with E-state index in [0.29, 0.717) is 6.61 Å². The van der Waals surface area contributed by atoms with Crippen molar-refractivity contribution < 1.29 is 28.5 Å². The molecule has 0 aromatic rings. The van der Waals surface area contributed by atoms with E-state index in [1.807, 2.05) is 0 Å². The van der Waals surface area contributed by atoms with Crippen LogP contribution in [0, 0.1) is 10.8 Å². The van der Waals surface area contributed by atoms with E-state index in [1.54, 1.807) is 0 Å². The number of hydrogen-bond donors (Lipinski definition) is 0. The van der Waals surface area contributed by atoms with Gasteiger partial charge in [0.1, 0.15) is 6.10 Å². The third-order valence-corrected chi connectivity index (χ3v) is 8.67. The molecule has 5 rings (SSSR count). The van der Waals surface area contributed by atoms with Crippen LogP contribution in [0.3, 0.4) is 0 Å². The third kappa shape index (κ3) is 2.05. The monoisotopic (exact) mass is 428 g/mol. The Morgan fingerprint density at radius 1 is 1.19 bits per heavy atom. The van der Waals surface area contributed by atoms with E-state index in [9.17, 15) is 9.59 Å². The zero-order chi connectivity index (χ0) is 19.1. The summed E-state index contributed by atoms with van der Waals surface area (Å²) in [4.78, 5) is 23.6. The Morgan fingerprint density at radius 2 is 1.85 bits per heavy atom. The highest BCUT2D eigenvalue weighted by atomic mass is 79.9. The molecule has 0 amide bonds. The fourth-order valence-electron chi connectivity index (χ4n) is 5.62. The van der Waals surface area contributed by atoms with Crippen molar-refractivity contribution in [2.45, 2.75) is 75.4 Å². The highest BCUT2D eigenvalue weighted by Gasteiger charge is 2.77. The highest BCUT2D eigenvalue weighted by molar-refractivity contribution is 9.09. The van der Waals surface area contributed by atoms with E-state index in [1.165, 1.54) is 13.8 Å². The molecule has 3 heterocycles. The Bertz CT molecular complexity index is 682. The predicted molar refractivity (Wildman–Crippen MR) is 95.8 cm³/mol. The average molecular weight is 429 g/mol. The Hall–Kier alpha value is -0.920. The second-order valence-corrected chi connectivity index (χ2v) is 9.45. The Kier molecular flexibility index (Phi) is 3.94. The van der Waals surface area contributed by atoms with Gasteiger partial charge in [0.05, 0.1) is 23.1 Å². The average Bonchev–Trinajstić information content (AvgIpc) is 2.69. The summed E-state index contributed by atoms with van der Waals surface area (Å²) in [6, 6.07) is 0. The van der Waals surface area contributed by atoms with Crippen LogP contribution < -0.4 is 0 Å². The van der Waals surface area contributed by atoms with Crippen molar-refractivity contribution in [3.63, 3.8) is 0 Å². The lowest BCUT2D eigenvalue weighted by Crippen LogP contribution is -2.72. The number of halogens is 1. The van der Waals surface area contributed by atoms with Gasteiger partial charge in [-0.1, -0.05) is 29.4 Å². The summed E-state index contributed by atoms with van der Waals surface area (Å²) < 4.78 is 24.1. The third-order valence-electron chi connectivity index (χ3n) is 7.22. The van der Waals surface area contributed by atoms with Crippen molar-refractivity contribution in [1.29, 1.82) is 0 Å². The van der Waals surface area contributed by atoms with Crippen LogP contribution in [0.4, 0.5) is 0 Å². The molecule has 144 valence electrons. The second kappa shape index (κ2) is 5.55. The summed E-state index contributed by atoms with van der Waals surface area (Å²) in [5.41, 5.74) is -0.462. The van der Waals surface area contributed by atoms with Gasteiger partial charge in [-0.05, 0) is 25.3 Å². The van der Waals surface area contributed by atoms with Crippen LogP contribution in [0.25, 0.3) is 0 Å². The van der Waals surface area contributed by atoms with Crippen LogP contribution >= 0.6 is 15.9 Å². The number of carbonyl (C=O) groups is 2. The molecule has 8 atom stereocenters. The van der Waals surface area contributed by atoms with Crippen molar-refractivity contribution >= 4 is 27.9 Å². The van der Waals surface area contributed by atoms with Gasteiger partial charge in [0.2, 0.25) is 0 Å². The molecule has 0 unspecified atom stereocenters. The lowest BCUT2D eigenvalue weighted by atomic mass is 9.49. The first kappa shape index (κ1) is 18.4. The molecule has 0 aromatic carbocycles. The van der Waals surface area contributed by atoms with E-state index >= 15 is 0 Å². The van der Waals surface area contributed by atoms with Gasteiger partial charge in [0.25, 0.3) is 0 Å². The number of alkyl halides is 1. The Balaban J connectivity index is 1.85. The summed E-state index contributed by atoms with van der Waals surface area (Å²) in [5.74, 6) is -0.836. The Morgan fingerprint density at radius 3 is 2.38 bits per heavy atom. The van der Waals surface area contributed by atoms with Gasteiger partial charge in [0.15, 0.2) is 12.2 Å². The molecular weight excluding hydrogens is 404 g/mol. The molecule has 7 heteroatoms. The molecule has 0 N–H and O–H groups in total. The Labute approximate surface area is 161 Å². The molecule has 6 nitrogen and oxygen atoms in total. The van der Waals surface area contributed by atoms with Gasteiger partial charge < -0.3 is 18.9 Å². The molecule has 2 aliphatic carbocycles.